The monoisotopic (exact) mass is 752 g/mol. The Balaban J connectivity index is 0.000000214. The van der Waals surface area contributed by atoms with Crippen LogP contribution in [0.5, 0.6) is 0 Å². The summed E-state index contributed by atoms with van der Waals surface area (Å²) in [5.41, 5.74) is 9.14. The fraction of sp³-hybridized carbons (Fsp3) is 0.462. The lowest BCUT2D eigenvalue weighted by atomic mass is 9.82. The molecule has 0 unspecified atom stereocenters. The first kappa shape index (κ1) is 42.7. The van der Waals surface area contributed by atoms with Crippen LogP contribution in [0.1, 0.15) is 193 Å². The van der Waals surface area contributed by atoms with Gasteiger partial charge in [-0.3, -0.25) is 19.2 Å². The Morgan fingerprint density at radius 2 is 0.500 bits per heavy atom. The van der Waals surface area contributed by atoms with E-state index in [9.17, 15) is 19.2 Å². The third-order valence-electron chi connectivity index (χ3n) is 11.3. The van der Waals surface area contributed by atoms with Gasteiger partial charge in [-0.1, -0.05) is 130 Å². The van der Waals surface area contributed by atoms with E-state index >= 15 is 0 Å². The summed E-state index contributed by atoms with van der Waals surface area (Å²) >= 11 is 0. The summed E-state index contributed by atoms with van der Waals surface area (Å²) in [7, 11) is 0. The maximum absolute atomic E-state index is 13.2. The van der Waals surface area contributed by atoms with Crippen LogP contribution >= 0.6 is 0 Å². The van der Waals surface area contributed by atoms with Gasteiger partial charge in [0.1, 0.15) is 0 Å². The fourth-order valence-electron chi connectivity index (χ4n) is 7.97. The minimum atomic E-state index is -0.0212. The standard InChI is InChI=1S/2C26H32O2/c1-17(2)7-5-9-19-11-13-21-23(15-19)25(27)22-14-12-20(10-6-8-18(3)4)16-24(22)26(21)28;1-17(2)7-5-9-19-11-13-21-23(15-19)26(28)24-16-20(10-6-8-18(3)4)12-14-22(24)25(21)27/h2*11-18H,5-10H2,1-4H3. The first-order valence-corrected chi connectivity index (χ1v) is 21.4. The lowest BCUT2D eigenvalue weighted by molar-refractivity contribution is 0.0979. The minimum absolute atomic E-state index is 0.000944. The van der Waals surface area contributed by atoms with E-state index in [0.29, 0.717) is 68.2 Å². The van der Waals surface area contributed by atoms with Crippen molar-refractivity contribution in [3.05, 3.63) is 140 Å². The van der Waals surface area contributed by atoms with Crippen molar-refractivity contribution in [1.29, 1.82) is 0 Å². The second kappa shape index (κ2) is 19.6. The van der Waals surface area contributed by atoms with Crippen molar-refractivity contribution in [2.75, 3.05) is 0 Å². The highest BCUT2D eigenvalue weighted by atomic mass is 16.1. The quantitative estimate of drug-likeness (QED) is 0.0987. The second-order valence-electron chi connectivity index (χ2n) is 18.0. The van der Waals surface area contributed by atoms with Crippen molar-refractivity contribution in [3.63, 3.8) is 0 Å². The van der Waals surface area contributed by atoms with Crippen LogP contribution in [0.3, 0.4) is 0 Å². The van der Waals surface area contributed by atoms with Crippen molar-refractivity contribution in [3.8, 4) is 0 Å². The molecule has 0 aliphatic heterocycles. The molecule has 0 atom stereocenters. The number of rotatable bonds is 16. The van der Waals surface area contributed by atoms with Gasteiger partial charge in [-0.05, 0) is 122 Å². The number of benzene rings is 4. The van der Waals surface area contributed by atoms with E-state index in [1.807, 2.05) is 72.8 Å². The number of fused-ring (bicyclic) bond motifs is 4. The summed E-state index contributed by atoms with van der Waals surface area (Å²) in [5.74, 6) is 2.69. The van der Waals surface area contributed by atoms with Gasteiger partial charge in [0, 0.05) is 44.5 Å². The molecule has 6 rings (SSSR count). The third kappa shape index (κ3) is 10.9. The molecule has 0 heterocycles. The topological polar surface area (TPSA) is 68.3 Å². The summed E-state index contributed by atoms with van der Waals surface area (Å²) in [6, 6.07) is 23.2. The number of aryl methyl sites for hydroxylation is 4. The molecule has 2 aliphatic carbocycles. The molecule has 56 heavy (non-hydrogen) atoms. The Labute approximate surface area is 336 Å². The molecule has 0 saturated heterocycles. The molecule has 2 aliphatic rings. The summed E-state index contributed by atoms with van der Waals surface area (Å²) in [5, 5.41) is 0. The normalized spacial score (nSPS) is 13.2. The molecule has 0 N–H and O–H groups in total. The van der Waals surface area contributed by atoms with Crippen LogP contribution in [0.2, 0.25) is 0 Å². The van der Waals surface area contributed by atoms with E-state index in [4.69, 9.17) is 0 Å². The van der Waals surface area contributed by atoms with Crippen LogP contribution in [0, 0.1) is 23.7 Å². The molecule has 0 bridgehead atoms. The molecule has 0 radical (unpaired) electrons. The Kier molecular flexibility index (Phi) is 15.0. The average molecular weight is 753 g/mol. The molecule has 296 valence electrons. The smallest absolute Gasteiger partial charge is 0.194 e. The maximum Gasteiger partial charge on any atom is 0.194 e. The van der Waals surface area contributed by atoms with E-state index in [1.165, 1.54) is 25.7 Å². The molecule has 0 aromatic heterocycles. The molecule has 4 aromatic rings. The number of hydrogen-bond acceptors (Lipinski definition) is 4. The van der Waals surface area contributed by atoms with Crippen LogP contribution in [0.25, 0.3) is 0 Å². The summed E-state index contributed by atoms with van der Waals surface area (Å²) in [6.45, 7) is 17.8. The van der Waals surface area contributed by atoms with Gasteiger partial charge in [-0.2, -0.15) is 0 Å². The number of carbonyl (C=O) groups is 4. The van der Waals surface area contributed by atoms with Crippen molar-refractivity contribution in [2.24, 2.45) is 23.7 Å². The van der Waals surface area contributed by atoms with Crippen LogP contribution in [-0.4, -0.2) is 23.1 Å². The van der Waals surface area contributed by atoms with Crippen molar-refractivity contribution < 1.29 is 19.2 Å². The van der Waals surface area contributed by atoms with Crippen molar-refractivity contribution in [2.45, 2.75) is 132 Å². The van der Waals surface area contributed by atoms with E-state index in [0.717, 1.165) is 73.6 Å². The highest BCUT2D eigenvalue weighted by molar-refractivity contribution is 6.29. The molecule has 0 fully saturated rings. The highest BCUT2D eigenvalue weighted by Crippen LogP contribution is 2.31. The molecular weight excluding hydrogens is 689 g/mol. The fourth-order valence-corrected chi connectivity index (χ4v) is 7.97. The zero-order valence-corrected chi connectivity index (χ0v) is 35.4. The van der Waals surface area contributed by atoms with E-state index in [2.05, 4.69) is 55.4 Å². The van der Waals surface area contributed by atoms with Crippen LogP contribution in [-0.2, 0) is 25.7 Å². The molecule has 4 nitrogen and oxygen atoms in total. The molecular formula is C52H64O4. The molecule has 0 amide bonds. The zero-order valence-electron chi connectivity index (χ0n) is 35.4. The molecule has 0 saturated carbocycles. The first-order valence-electron chi connectivity index (χ1n) is 21.4. The molecule has 0 spiro atoms. The number of ketones is 4. The molecule has 4 heteroatoms. The Morgan fingerprint density at radius 3 is 0.714 bits per heavy atom. The maximum atomic E-state index is 13.2. The van der Waals surface area contributed by atoms with Gasteiger partial charge in [0.05, 0.1) is 0 Å². The SMILES string of the molecule is CC(C)CCCc1ccc2c(c1)C(=O)c1cc(CCCC(C)C)ccc1C2=O.CC(C)CCCc1ccc2c(c1)C(=O)c1ccc(CCCC(C)C)cc1C2=O. The summed E-state index contributed by atoms with van der Waals surface area (Å²) < 4.78 is 0. The lowest BCUT2D eigenvalue weighted by Crippen LogP contribution is -2.21. The van der Waals surface area contributed by atoms with Crippen molar-refractivity contribution >= 4 is 23.1 Å². The molecule has 4 aromatic carbocycles. The predicted octanol–water partition coefficient (Wildman–Crippen LogP) is 12.8. The van der Waals surface area contributed by atoms with Gasteiger partial charge < -0.3 is 0 Å². The second-order valence-corrected chi connectivity index (χ2v) is 18.0. The van der Waals surface area contributed by atoms with E-state index in [1.54, 1.807) is 0 Å². The number of hydrogen-bond donors (Lipinski definition) is 0. The van der Waals surface area contributed by atoms with Gasteiger partial charge in [-0.25, -0.2) is 0 Å². The predicted molar refractivity (Wildman–Crippen MR) is 231 cm³/mol. The number of carbonyl (C=O) groups excluding carboxylic acids is 4. The van der Waals surface area contributed by atoms with Gasteiger partial charge in [-0.15, -0.1) is 0 Å². The lowest BCUT2D eigenvalue weighted by Gasteiger charge is -2.19. The summed E-state index contributed by atoms with van der Waals surface area (Å²) in [6.07, 6.45) is 12.9. The van der Waals surface area contributed by atoms with Crippen LogP contribution < -0.4 is 0 Å². The van der Waals surface area contributed by atoms with Gasteiger partial charge in [0.25, 0.3) is 0 Å². The van der Waals surface area contributed by atoms with Gasteiger partial charge in [0.2, 0.25) is 0 Å². The summed E-state index contributed by atoms with van der Waals surface area (Å²) in [4.78, 5) is 52.2. The third-order valence-corrected chi connectivity index (χ3v) is 11.3. The Hall–Kier alpha value is -4.44. The first-order chi connectivity index (χ1) is 26.7. The average Bonchev–Trinajstić information content (AvgIpc) is 3.15. The zero-order chi connectivity index (χ0) is 40.5. The largest absolute Gasteiger partial charge is 0.289 e. The van der Waals surface area contributed by atoms with E-state index in [-0.39, 0.29) is 23.1 Å². The Morgan fingerprint density at radius 1 is 0.304 bits per heavy atom. The Bertz CT molecular complexity index is 1900. The van der Waals surface area contributed by atoms with Gasteiger partial charge in [0.15, 0.2) is 23.1 Å². The van der Waals surface area contributed by atoms with Crippen molar-refractivity contribution in [1.82, 2.24) is 0 Å². The van der Waals surface area contributed by atoms with E-state index < -0.39 is 0 Å². The van der Waals surface area contributed by atoms with Crippen LogP contribution in [0.15, 0.2) is 72.8 Å². The van der Waals surface area contributed by atoms with Crippen LogP contribution in [0.4, 0.5) is 0 Å². The minimum Gasteiger partial charge on any atom is -0.289 e. The van der Waals surface area contributed by atoms with Gasteiger partial charge >= 0.3 is 0 Å². The highest BCUT2D eigenvalue weighted by Gasteiger charge is 2.31.